The van der Waals surface area contributed by atoms with Crippen LogP contribution in [0.5, 0.6) is 0 Å². The van der Waals surface area contributed by atoms with Crippen LogP contribution in [0.25, 0.3) is 0 Å². The SMILES string of the molecule is CN(C)c1ccc(S(=O)(=O)ON=N)cc1. The number of hydrogen-bond donors (Lipinski definition) is 1. The van der Waals surface area contributed by atoms with Crippen LogP contribution in [-0.2, 0) is 14.4 Å². The van der Waals surface area contributed by atoms with Crippen molar-refractivity contribution in [1.82, 2.24) is 0 Å². The van der Waals surface area contributed by atoms with Gasteiger partial charge in [0.2, 0.25) is 0 Å². The molecular formula is C8H11N3O3S. The monoisotopic (exact) mass is 229 g/mol. The Bertz CT molecular complexity index is 439. The van der Waals surface area contributed by atoms with E-state index in [0.29, 0.717) is 0 Å². The maximum absolute atomic E-state index is 11.3. The Morgan fingerprint density at radius 1 is 1.27 bits per heavy atom. The van der Waals surface area contributed by atoms with Crippen molar-refractivity contribution < 1.29 is 12.7 Å². The van der Waals surface area contributed by atoms with Crippen LogP contribution in [0.1, 0.15) is 0 Å². The molecule has 7 heteroatoms. The standard InChI is InChI=1S/C8H11N3O3S/c1-11(2)7-3-5-8(6-4-7)15(12,13)14-10-9/h3-6,9H,1-2H3. The van der Waals surface area contributed by atoms with E-state index in [9.17, 15) is 8.42 Å². The number of rotatable bonds is 4. The van der Waals surface area contributed by atoms with Crippen LogP contribution in [0, 0.1) is 5.53 Å². The first-order valence-corrected chi connectivity index (χ1v) is 5.46. The zero-order valence-electron chi connectivity index (χ0n) is 8.34. The summed E-state index contributed by atoms with van der Waals surface area (Å²) in [5.41, 5.74) is 7.21. The van der Waals surface area contributed by atoms with E-state index in [1.807, 2.05) is 19.0 Å². The van der Waals surface area contributed by atoms with Crippen molar-refractivity contribution >= 4 is 15.8 Å². The average molecular weight is 229 g/mol. The van der Waals surface area contributed by atoms with Gasteiger partial charge >= 0.3 is 10.1 Å². The van der Waals surface area contributed by atoms with Gasteiger partial charge in [0, 0.05) is 25.1 Å². The molecule has 0 saturated carbocycles. The highest BCUT2D eigenvalue weighted by molar-refractivity contribution is 7.86. The molecule has 1 N–H and O–H groups in total. The molecule has 0 aliphatic rings. The third-order valence-electron chi connectivity index (χ3n) is 1.78. The normalized spacial score (nSPS) is 10.8. The van der Waals surface area contributed by atoms with Gasteiger partial charge in [0.25, 0.3) is 0 Å². The third kappa shape index (κ3) is 2.66. The van der Waals surface area contributed by atoms with Gasteiger partial charge in [-0.05, 0) is 24.3 Å². The van der Waals surface area contributed by atoms with Crippen LogP contribution in [0.4, 0.5) is 5.69 Å². The Morgan fingerprint density at radius 3 is 2.20 bits per heavy atom. The first-order chi connectivity index (χ1) is 6.97. The highest BCUT2D eigenvalue weighted by Crippen LogP contribution is 2.17. The van der Waals surface area contributed by atoms with Crippen molar-refractivity contribution in [1.29, 1.82) is 5.53 Å². The second-order valence-electron chi connectivity index (χ2n) is 3.01. The molecule has 0 fully saturated rings. The number of hydrogen-bond acceptors (Lipinski definition) is 6. The molecule has 0 saturated heterocycles. The minimum Gasteiger partial charge on any atom is -0.378 e. The zero-order chi connectivity index (χ0) is 11.5. The highest BCUT2D eigenvalue weighted by atomic mass is 32.2. The fourth-order valence-corrected chi connectivity index (χ4v) is 1.66. The van der Waals surface area contributed by atoms with Crippen LogP contribution in [0.15, 0.2) is 34.4 Å². The van der Waals surface area contributed by atoms with Gasteiger partial charge in [-0.1, -0.05) is 0 Å². The summed E-state index contributed by atoms with van der Waals surface area (Å²) in [4.78, 5) is 1.82. The van der Waals surface area contributed by atoms with Crippen molar-refractivity contribution in [3.05, 3.63) is 24.3 Å². The maximum Gasteiger partial charge on any atom is 0.359 e. The summed E-state index contributed by atoms with van der Waals surface area (Å²) in [7, 11) is -0.233. The van der Waals surface area contributed by atoms with E-state index in [4.69, 9.17) is 5.53 Å². The minimum atomic E-state index is -3.93. The average Bonchev–Trinajstić information content (AvgIpc) is 2.18. The van der Waals surface area contributed by atoms with Gasteiger partial charge in [0.05, 0.1) is 0 Å². The first kappa shape index (κ1) is 11.4. The van der Waals surface area contributed by atoms with Crippen LogP contribution >= 0.6 is 0 Å². The molecule has 0 aromatic heterocycles. The summed E-state index contributed by atoms with van der Waals surface area (Å²) in [6.07, 6.45) is 0. The molecule has 1 rings (SSSR count). The lowest BCUT2D eigenvalue weighted by atomic mass is 10.3. The summed E-state index contributed by atoms with van der Waals surface area (Å²) in [6, 6.07) is 6.08. The van der Waals surface area contributed by atoms with E-state index in [1.54, 1.807) is 12.1 Å². The topological polar surface area (TPSA) is 82.8 Å². The summed E-state index contributed by atoms with van der Waals surface area (Å²) < 4.78 is 26.5. The van der Waals surface area contributed by atoms with Crippen molar-refractivity contribution in [2.24, 2.45) is 5.28 Å². The Hall–Kier alpha value is -1.63. The predicted molar refractivity (Wildman–Crippen MR) is 54.2 cm³/mol. The second kappa shape index (κ2) is 4.26. The summed E-state index contributed by atoms with van der Waals surface area (Å²) >= 11 is 0. The van der Waals surface area contributed by atoms with Crippen molar-refractivity contribution in [2.75, 3.05) is 19.0 Å². The number of nitrogens with zero attached hydrogens (tertiary/aromatic N) is 2. The summed E-state index contributed by atoms with van der Waals surface area (Å²) in [6.45, 7) is 0. The number of anilines is 1. The van der Waals surface area contributed by atoms with E-state index in [1.165, 1.54) is 12.1 Å². The predicted octanol–water partition coefficient (Wildman–Crippen LogP) is 1.40. The van der Waals surface area contributed by atoms with Crippen LogP contribution in [0.3, 0.4) is 0 Å². The van der Waals surface area contributed by atoms with Crippen LogP contribution < -0.4 is 4.90 Å². The number of benzene rings is 1. The van der Waals surface area contributed by atoms with Gasteiger partial charge in [-0.2, -0.15) is 13.9 Å². The first-order valence-electron chi connectivity index (χ1n) is 4.05. The van der Waals surface area contributed by atoms with E-state index < -0.39 is 10.1 Å². The zero-order valence-corrected chi connectivity index (χ0v) is 9.15. The second-order valence-corrected chi connectivity index (χ2v) is 4.54. The Balaban J connectivity index is 3.04. The lowest BCUT2D eigenvalue weighted by Crippen LogP contribution is -2.09. The van der Waals surface area contributed by atoms with E-state index in [2.05, 4.69) is 9.56 Å². The van der Waals surface area contributed by atoms with Gasteiger partial charge < -0.3 is 4.90 Å². The van der Waals surface area contributed by atoms with Crippen molar-refractivity contribution in [2.45, 2.75) is 4.90 Å². The molecule has 0 amide bonds. The third-order valence-corrected chi connectivity index (χ3v) is 2.90. The lowest BCUT2D eigenvalue weighted by molar-refractivity contribution is 0.301. The molecule has 1 aromatic carbocycles. The fourth-order valence-electron chi connectivity index (χ4n) is 1.00. The smallest absolute Gasteiger partial charge is 0.359 e. The molecule has 6 nitrogen and oxygen atoms in total. The molecule has 82 valence electrons. The molecule has 0 spiro atoms. The summed E-state index contributed by atoms with van der Waals surface area (Å²) in [5.74, 6) is 0. The molecule has 0 atom stereocenters. The largest absolute Gasteiger partial charge is 0.378 e. The molecule has 1 aromatic rings. The number of nitrogens with one attached hydrogen (secondary N) is 1. The summed E-state index contributed by atoms with van der Waals surface area (Å²) in [5, 5.41) is 2.39. The van der Waals surface area contributed by atoms with Crippen LogP contribution in [-0.4, -0.2) is 22.5 Å². The van der Waals surface area contributed by atoms with Crippen molar-refractivity contribution in [3.63, 3.8) is 0 Å². The van der Waals surface area contributed by atoms with E-state index in [-0.39, 0.29) is 4.90 Å². The molecule has 0 bridgehead atoms. The molecule has 0 radical (unpaired) electrons. The minimum absolute atomic E-state index is 0.0240. The Labute approximate surface area is 88.1 Å². The van der Waals surface area contributed by atoms with Gasteiger partial charge in [-0.3, -0.25) is 0 Å². The van der Waals surface area contributed by atoms with Crippen LogP contribution in [0.2, 0.25) is 0 Å². The fraction of sp³-hybridized carbons (Fsp3) is 0.250. The van der Waals surface area contributed by atoms with Gasteiger partial charge in [0.15, 0.2) is 0 Å². The van der Waals surface area contributed by atoms with E-state index >= 15 is 0 Å². The van der Waals surface area contributed by atoms with E-state index in [0.717, 1.165) is 5.69 Å². The lowest BCUT2D eigenvalue weighted by Gasteiger charge is -2.12. The molecule has 0 heterocycles. The van der Waals surface area contributed by atoms with Gasteiger partial charge in [-0.25, -0.2) is 4.28 Å². The quantitative estimate of drug-likeness (QED) is 0.625. The Kier molecular flexibility index (Phi) is 3.25. The van der Waals surface area contributed by atoms with Gasteiger partial charge in [0.1, 0.15) is 4.90 Å². The maximum atomic E-state index is 11.3. The molecule has 0 unspecified atom stereocenters. The van der Waals surface area contributed by atoms with Crippen molar-refractivity contribution in [3.8, 4) is 0 Å². The molecule has 0 aliphatic heterocycles. The molecular weight excluding hydrogens is 218 g/mol. The molecule has 15 heavy (non-hydrogen) atoms. The molecule has 0 aliphatic carbocycles. The highest BCUT2D eigenvalue weighted by Gasteiger charge is 2.15. The Morgan fingerprint density at radius 2 is 1.80 bits per heavy atom. The van der Waals surface area contributed by atoms with Gasteiger partial charge in [-0.15, -0.1) is 0 Å².